The number of aromatic nitrogens is 2. The second kappa shape index (κ2) is 8.22. The number of nitro groups is 1. The van der Waals surface area contributed by atoms with Crippen molar-refractivity contribution in [2.45, 2.75) is 31.2 Å². The van der Waals surface area contributed by atoms with Crippen molar-refractivity contribution in [1.29, 1.82) is 0 Å². The first-order valence-corrected chi connectivity index (χ1v) is 9.34. The fourth-order valence-electron chi connectivity index (χ4n) is 2.37. The van der Waals surface area contributed by atoms with Crippen molar-refractivity contribution >= 4 is 29.0 Å². The molecule has 0 aliphatic rings. The molecule has 3 rings (SSSR count). The molecule has 0 saturated carbocycles. The van der Waals surface area contributed by atoms with E-state index in [-0.39, 0.29) is 22.7 Å². The van der Waals surface area contributed by atoms with Crippen LogP contribution in [0.5, 0.6) is 0 Å². The van der Waals surface area contributed by atoms with E-state index in [1.54, 1.807) is 6.92 Å². The summed E-state index contributed by atoms with van der Waals surface area (Å²) < 4.78 is 5.57. The van der Waals surface area contributed by atoms with Gasteiger partial charge in [0, 0.05) is 23.4 Å². The number of hydrogen-bond donors (Lipinski definition) is 1. The molecule has 0 aliphatic heterocycles. The van der Waals surface area contributed by atoms with Crippen molar-refractivity contribution in [2.24, 2.45) is 0 Å². The summed E-state index contributed by atoms with van der Waals surface area (Å²) in [6.45, 7) is 5.75. The predicted octanol–water partition coefficient (Wildman–Crippen LogP) is 4.38. The molecule has 1 amide bonds. The smallest absolute Gasteiger partial charge is 0.277 e. The van der Waals surface area contributed by atoms with Gasteiger partial charge in [0.05, 0.1) is 10.2 Å². The summed E-state index contributed by atoms with van der Waals surface area (Å²) in [4.78, 5) is 22.6. The van der Waals surface area contributed by atoms with Crippen LogP contribution in [-0.2, 0) is 4.79 Å². The zero-order valence-corrected chi connectivity index (χ0v) is 16.3. The van der Waals surface area contributed by atoms with Gasteiger partial charge in [-0.2, -0.15) is 0 Å². The fourth-order valence-corrected chi connectivity index (χ4v) is 3.05. The zero-order chi connectivity index (χ0) is 20.3. The highest BCUT2D eigenvalue weighted by molar-refractivity contribution is 8.00. The lowest BCUT2D eigenvalue weighted by Crippen LogP contribution is -2.22. The molecule has 1 heterocycles. The molecule has 1 N–H and O–H groups in total. The van der Waals surface area contributed by atoms with Gasteiger partial charge in [0.15, 0.2) is 0 Å². The van der Waals surface area contributed by atoms with E-state index >= 15 is 0 Å². The molecule has 1 atom stereocenters. The van der Waals surface area contributed by atoms with Gasteiger partial charge in [-0.15, -0.1) is 10.2 Å². The summed E-state index contributed by atoms with van der Waals surface area (Å²) in [5, 5.41) is 21.3. The van der Waals surface area contributed by atoms with Crippen LogP contribution in [-0.4, -0.2) is 26.3 Å². The van der Waals surface area contributed by atoms with Gasteiger partial charge in [0.2, 0.25) is 11.8 Å². The van der Waals surface area contributed by atoms with Gasteiger partial charge in [0.1, 0.15) is 0 Å². The Bertz CT molecular complexity index is 1020. The lowest BCUT2D eigenvalue weighted by atomic mass is 10.1. The summed E-state index contributed by atoms with van der Waals surface area (Å²) in [7, 11) is 0. The van der Waals surface area contributed by atoms with Crippen molar-refractivity contribution in [2.75, 3.05) is 5.32 Å². The van der Waals surface area contributed by atoms with E-state index in [1.807, 2.05) is 32.0 Å². The van der Waals surface area contributed by atoms with Crippen LogP contribution in [0.1, 0.15) is 18.1 Å². The Balaban J connectivity index is 1.64. The third-order valence-electron chi connectivity index (χ3n) is 4.15. The molecule has 8 nitrogen and oxygen atoms in total. The molecule has 2 aromatic carbocycles. The van der Waals surface area contributed by atoms with E-state index in [4.69, 9.17) is 4.42 Å². The first kappa shape index (κ1) is 19.6. The second-order valence-electron chi connectivity index (χ2n) is 6.23. The SMILES string of the molecule is Cc1ccc(NC(=O)[C@@H](C)Sc2nnc(-c3ccc([N+](=O)[O-])cc3)o2)cc1C. The van der Waals surface area contributed by atoms with E-state index in [9.17, 15) is 14.9 Å². The van der Waals surface area contributed by atoms with Gasteiger partial charge in [-0.3, -0.25) is 14.9 Å². The number of hydrogen-bond acceptors (Lipinski definition) is 7. The first-order valence-electron chi connectivity index (χ1n) is 8.46. The van der Waals surface area contributed by atoms with Gasteiger partial charge in [0.25, 0.3) is 10.9 Å². The van der Waals surface area contributed by atoms with Crippen LogP contribution in [0.2, 0.25) is 0 Å². The standard InChI is InChI=1S/C19H18N4O4S/c1-11-4-7-15(10-12(11)2)20-17(24)13(3)28-19-22-21-18(27-19)14-5-8-16(9-6-14)23(25)26/h4-10,13H,1-3H3,(H,20,24)/t13-/m1/s1. The molecule has 1 aromatic heterocycles. The van der Waals surface area contributed by atoms with E-state index in [2.05, 4.69) is 15.5 Å². The van der Waals surface area contributed by atoms with Crippen molar-refractivity contribution in [3.05, 3.63) is 63.7 Å². The van der Waals surface area contributed by atoms with Crippen molar-refractivity contribution in [3.8, 4) is 11.5 Å². The summed E-state index contributed by atoms with van der Waals surface area (Å²) in [5.74, 6) is 0.0579. The van der Waals surface area contributed by atoms with Crippen LogP contribution in [0, 0.1) is 24.0 Å². The Morgan fingerprint density at radius 3 is 2.50 bits per heavy atom. The highest BCUT2D eigenvalue weighted by atomic mass is 32.2. The maximum absolute atomic E-state index is 12.4. The average molecular weight is 398 g/mol. The topological polar surface area (TPSA) is 111 Å². The molecule has 0 bridgehead atoms. The highest BCUT2D eigenvalue weighted by Gasteiger charge is 2.19. The van der Waals surface area contributed by atoms with Crippen LogP contribution < -0.4 is 5.32 Å². The Labute approximate surface area is 165 Å². The van der Waals surface area contributed by atoms with Crippen LogP contribution in [0.4, 0.5) is 11.4 Å². The molecule has 0 radical (unpaired) electrons. The molecule has 28 heavy (non-hydrogen) atoms. The fraction of sp³-hybridized carbons (Fsp3) is 0.211. The number of carbonyl (C=O) groups excluding carboxylic acids is 1. The number of amides is 1. The molecule has 0 spiro atoms. The number of non-ortho nitro benzene ring substituents is 1. The summed E-state index contributed by atoms with van der Waals surface area (Å²) in [6.07, 6.45) is 0. The van der Waals surface area contributed by atoms with Crippen LogP contribution in [0.25, 0.3) is 11.5 Å². The molecular formula is C19H18N4O4S. The molecule has 0 saturated heterocycles. The molecule has 0 aliphatic carbocycles. The molecule has 9 heteroatoms. The van der Waals surface area contributed by atoms with E-state index in [1.165, 1.54) is 24.3 Å². The van der Waals surface area contributed by atoms with Crippen molar-refractivity contribution < 1.29 is 14.1 Å². The quantitative estimate of drug-likeness (QED) is 0.372. The maximum atomic E-state index is 12.4. The summed E-state index contributed by atoms with van der Waals surface area (Å²) in [6, 6.07) is 11.5. The molecule has 144 valence electrons. The Morgan fingerprint density at radius 1 is 1.14 bits per heavy atom. The number of carbonyl (C=O) groups is 1. The number of rotatable bonds is 6. The van der Waals surface area contributed by atoms with Gasteiger partial charge in [-0.25, -0.2) is 0 Å². The Hall–Kier alpha value is -3.20. The number of nitro benzene ring substituents is 1. The first-order chi connectivity index (χ1) is 13.3. The minimum atomic E-state index is -0.477. The minimum absolute atomic E-state index is 0.0190. The third kappa shape index (κ3) is 4.55. The van der Waals surface area contributed by atoms with Gasteiger partial charge in [-0.1, -0.05) is 17.8 Å². The lowest BCUT2D eigenvalue weighted by molar-refractivity contribution is -0.384. The van der Waals surface area contributed by atoms with Crippen molar-refractivity contribution in [1.82, 2.24) is 10.2 Å². The van der Waals surface area contributed by atoms with Gasteiger partial charge >= 0.3 is 0 Å². The molecule has 0 fully saturated rings. The number of anilines is 1. The monoisotopic (exact) mass is 398 g/mol. The number of benzene rings is 2. The van der Waals surface area contributed by atoms with Gasteiger partial charge < -0.3 is 9.73 Å². The van der Waals surface area contributed by atoms with Crippen LogP contribution in [0.15, 0.2) is 52.1 Å². The number of thioether (sulfide) groups is 1. The molecule has 3 aromatic rings. The van der Waals surface area contributed by atoms with E-state index < -0.39 is 10.2 Å². The Morgan fingerprint density at radius 2 is 1.86 bits per heavy atom. The number of nitrogens with zero attached hydrogens (tertiary/aromatic N) is 3. The van der Waals surface area contributed by atoms with Crippen LogP contribution >= 0.6 is 11.8 Å². The van der Waals surface area contributed by atoms with Gasteiger partial charge in [-0.05, 0) is 56.2 Å². The molecule has 0 unspecified atom stereocenters. The minimum Gasteiger partial charge on any atom is -0.411 e. The number of nitrogens with one attached hydrogen (secondary N) is 1. The molecular weight excluding hydrogens is 380 g/mol. The zero-order valence-electron chi connectivity index (χ0n) is 15.5. The van der Waals surface area contributed by atoms with Crippen molar-refractivity contribution in [3.63, 3.8) is 0 Å². The maximum Gasteiger partial charge on any atom is 0.277 e. The normalized spacial score (nSPS) is 11.8. The summed E-state index contributed by atoms with van der Waals surface area (Å²) in [5.41, 5.74) is 3.54. The second-order valence-corrected chi connectivity index (χ2v) is 7.52. The highest BCUT2D eigenvalue weighted by Crippen LogP contribution is 2.28. The summed E-state index contributed by atoms with van der Waals surface area (Å²) >= 11 is 1.14. The van der Waals surface area contributed by atoms with E-state index in [0.717, 1.165) is 28.6 Å². The largest absolute Gasteiger partial charge is 0.411 e. The Kier molecular flexibility index (Phi) is 5.74. The lowest BCUT2D eigenvalue weighted by Gasteiger charge is -2.11. The van der Waals surface area contributed by atoms with E-state index in [0.29, 0.717) is 5.56 Å². The number of aryl methyl sites for hydroxylation is 2. The third-order valence-corrected chi connectivity index (χ3v) is 5.09. The average Bonchev–Trinajstić information content (AvgIpc) is 3.13. The van der Waals surface area contributed by atoms with Crippen LogP contribution in [0.3, 0.4) is 0 Å². The predicted molar refractivity (Wildman–Crippen MR) is 106 cm³/mol.